The van der Waals surface area contributed by atoms with Crippen molar-refractivity contribution >= 4 is 17.9 Å². The molecular formula is C25H22N2O5. The van der Waals surface area contributed by atoms with Gasteiger partial charge in [0.15, 0.2) is 0 Å². The van der Waals surface area contributed by atoms with E-state index in [9.17, 15) is 19.8 Å². The Morgan fingerprint density at radius 3 is 2.16 bits per heavy atom. The summed E-state index contributed by atoms with van der Waals surface area (Å²) in [7, 11) is 0. The fourth-order valence-electron chi connectivity index (χ4n) is 3.97. The molecule has 2 atom stereocenters. The second-order valence-corrected chi connectivity index (χ2v) is 7.51. The minimum absolute atomic E-state index is 0.0591. The Morgan fingerprint density at radius 2 is 1.56 bits per heavy atom. The van der Waals surface area contributed by atoms with Gasteiger partial charge in [-0.05, 0) is 39.9 Å². The summed E-state index contributed by atoms with van der Waals surface area (Å²) >= 11 is 0. The molecule has 0 bridgehead atoms. The van der Waals surface area contributed by atoms with E-state index in [2.05, 4.69) is 22.4 Å². The van der Waals surface area contributed by atoms with Crippen molar-refractivity contribution in [1.82, 2.24) is 5.32 Å². The van der Waals surface area contributed by atoms with E-state index in [0.29, 0.717) is 11.3 Å². The topological polar surface area (TPSA) is 108 Å². The molecular weight excluding hydrogens is 408 g/mol. The number of aliphatic hydroxyl groups excluding tert-OH is 2. The molecule has 4 rings (SSSR count). The zero-order valence-electron chi connectivity index (χ0n) is 17.1. The molecule has 0 heterocycles. The van der Waals surface area contributed by atoms with Crippen molar-refractivity contribution in [2.45, 2.75) is 18.1 Å². The summed E-state index contributed by atoms with van der Waals surface area (Å²) in [6, 6.07) is 22.2. The summed E-state index contributed by atoms with van der Waals surface area (Å²) in [6.45, 7) is -0.0245. The highest BCUT2D eigenvalue weighted by atomic mass is 16.5. The van der Waals surface area contributed by atoms with Gasteiger partial charge in [-0.3, -0.25) is 0 Å². The van der Waals surface area contributed by atoms with E-state index in [-0.39, 0.29) is 19.1 Å². The summed E-state index contributed by atoms with van der Waals surface area (Å²) in [4.78, 5) is 26.0. The monoisotopic (exact) mass is 430 g/mol. The number of carbonyl (C=O) groups excluding carboxylic acids is 2. The van der Waals surface area contributed by atoms with E-state index in [1.807, 2.05) is 36.4 Å². The Kier molecular flexibility index (Phi) is 6.42. The van der Waals surface area contributed by atoms with Crippen LogP contribution in [0.5, 0.6) is 0 Å². The molecule has 3 aromatic rings. The van der Waals surface area contributed by atoms with Crippen molar-refractivity contribution in [2.24, 2.45) is 4.99 Å². The first kappa shape index (κ1) is 21.5. The number of hydrogen-bond donors (Lipinski definition) is 3. The summed E-state index contributed by atoms with van der Waals surface area (Å²) in [5.74, 6) is -0.0591. The highest BCUT2D eigenvalue weighted by molar-refractivity contribution is 5.79. The van der Waals surface area contributed by atoms with E-state index in [1.165, 1.54) is 30.3 Å². The third kappa shape index (κ3) is 4.45. The molecule has 3 aromatic carbocycles. The van der Waals surface area contributed by atoms with Crippen LogP contribution in [0, 0.1) is 0 Å². The first-order valence-corrected chi connectivity index (χ1v) is 10.2. The number of nitrogens with one attached hydrogen (secondary N) is 1. The van der Waals surface area contributed by atoms with Crippen LogP contribution in [0.2, 0.25) is 0 Å². The van der Waals surface area contributed by atoms with Crippen LogP contribution < -0.4 is 5.32 Å². The zero-order valence-corrected chi connectivity index (χ0v) is 17.1. The molecule has 0 radical (unpaired) electrons. The van der Waals surface area contributed by atoms with Gasteiger partial charge < -0.3 is 20.3 Å². The predicted octanol–water partition coefficient (Wildman–Crippen LogP) is 3.59. The second kappa shape index (κ2) is 9.58. The van der Waals surface area contributed by atoms with Gasteiger partial charge >= 0.3 is 6.09 Å². The molecule has 1 amide bonds. The quantitative estimate of drug-likeness (QED) is 0.392. The number of amides is 1. The van der Waals surface area contributed by atoms with E-state index in [1.54, 1.807) is 0 Å². The van der Waals surface area contributed by atoms with E-state index < -0.39 is 18.3 Å². The molecule has 0 fully saturated rings. The van der Waals surface area contributed by atoms with Crippen LogP contribution in [0.15, 0.2) is 77.8 Å². The van der Waals surface area contributed by atoms with Crippen LogP contribution in [-0.4, -0.2) is 41.6 Å². The lowest BCUT2D eigenvalue weighted by atomic mass is 9.98. The van der Waals surface area contributed by atoms with Crippen molar-refractivity contribution in [3.8, 4) is 11.1 Å². The van der Waals surface area contributed by atoms with Gasteiger partial charge in [0.2, 0.25) is 6.08 Å². The number of carbonyl (C=O) groups is 1. The summed E-state index contributed by atoms with van der Waals surface area (Å²) in [6.07, 6.45) is -1.70. The van der Waals surface area contributed by atoms with E-state index >= 15 is 0 Å². The number of nitrogens with zero attached hydrogens (tertiary/aromatic N) is 1. The lowest BCUT2D eigenvalue weighted by Crippen LogP contribution is -2.36. The van der Waals surface area contributed by atoms with Gasteiger partial charge in [0, 0.05) is 12.5 Å². The van der Waals surface area contributed by atoms with Crippen LogP contribution in [0.3, 0.4) is 0 Å². The fourth-order valence-corrected chi connectivity index (χ4v) is 3.97. The highest BCUT2D eigenvalue weighted by Crippen LogP contribution is 2.44. The lowest BCUT2D eigenvalue weighted by Gasteiger charge is -2.19. The second-order valence-electron chi connectivity index (χ2n) is 7.51. The van der Waals surface area contributed by atoms with Crippen molar-refractivity contribution in [2.75, 3.05) is 13.2 Å². The first-order valence-electron chi connectivity index (χ1n) is 10.2. The standard InChI is InChI=1S/C25H22N2O5/c28-15-27-17-11-9-16(10-12-17)24(30)23(29)13-26-25(31)32-14-22-20-7-3-1-5-18(20)19-6-2-4-8-21(19)22/h1-12,22-24,29-30H,13-14H2,(H,26,31). The number of fused-ring (bicyclic) bond motifs is 3. The van der Waals surface area contributed by atoms with Crippen LogP contribution in [0.4, 0.5) is 10.5 Å². The number of benzene rings is 3. The van der Waals surface area contributed by atoms with Gasteiger partial charge in [0.1, 0.15) is 18.8 Å². The third-order valence-electron chi connectivity index (χ3n) is 5.57. The molecule has 2 unspecified atom stereocenters. The van der Waals surface area contributed by atoms with E-state index in [4.69, 9.17) is 4.74 Å². The van der Waals surface area contributed by atoms with Crippen molar-refractivity contribution in [1.29, 1.82) is 0 Å². The van der Waals surface area contributed by atoms with E-state index in [0.717, 1.165) is 22.3 Å². The zero-order chi connectivity index (χ0) is 22.5. The number of hydrogen-bond acceptors (Lipinski definition) is 6. The molecule has 0 saturated carbocycles. The first-order chi connectivity index (χ1) is 15.6. The summed E-state index contributed by atoms with van der Waals surface area (Å²) in [5.41, 5.74) is 5.32. The summed E-state index contributed by atoms with van der Waals surface area (Å²) in [5, 5.41) is 23.0. The molecule has 0 spiro atoms. The van der Waals surface area contributed by atoms with Crippen molar-refractivity contribution in [3.63, 3.8) is 0 Å². The molecule has 7 heteroatoms. The maximum absolute atomic E-state index is 12.2. The predicted molar refractivity (Wildman–Crippen MR) is 118 cm³/mol. The Hall–Kier alpha value is -3.77. The Bertz CT molecular complexity index is 1110. The van der Waals surface area contributed by atoms with Crippen LogP contribution in [0.25, 0.3) is 11.1 Å². The minimum atomic E-state index is -1.24. The Morgan fingerprint density at radius 1 is 0.969 bits per heavy atom. The minimum Gasteiger partial charge on any atom is -0.449 e. The maximum Gasteiger partial charge on any atom is 0.407 e. The molecule has 0 aromatic heterocycles. The van der Waals surface area contributed by atoms with Crippen molar-refractivity contribution in [3.05, 3.63) is 89.5 Å². The van der Waals surface area contributed by atoms with Gasteiger partial charge in [-0.25, -0.2) is 9.59 Å². The number of rotatable bonds is 7. The number of aliphatic imine (C=N–C) groups is 1. The molecule has 0 aliphatic heterocycles. The van der Waals surface area contributed by atoms with Gasteiger partial charge in [-0.1, -0.05) is 60.7 Å². The van der Waals surface area contributed by atoms with Gasteiger partial charge in [-0.15, -0.1) is 0 Å². The van der Waals surface area contributed by atoms with Crippen LogP contribution >= 0.6 is 0 Å². The van der Waals surface area contributed by atoms with Gasteiger partial charge in [-0.2, -0.15) is 4.99 Å². The number of ether oxygens (including phenoxy) is 1. The normalized spacial score (nSPS) is 13.9. The molecule has 162 valence electrons. The molecule has 0 saturated heterocycles. The average molecular weight is 430 g/mol. The Labute approximate surface area is 185 Å². The van der Waals surface area contributed by atoms with Gasteiger partial charge in [0.05, 0.1) is 5.69 Å². The number of alkyl carbamates (subject to hydrolysis) is 1. The molecule has 7 nitrogen and oxygen atoms in total. The molecule has 1 aliphatic carbocycles. The lowest BCUT2D eigenvalue weighted by molar-refractivity contribution is 0.0185. The average Bonchev–Trinajstić information content (AvgIpc) is 3.15. The maximum atomic E-state index is 12.2. The highest BCUT2D eigenvalue weighted by Gasteiger charge is 2.29. The fraction of sp³-hybridized carbons (Fsp3) is 0.200. The largest absolute Gasteiger partial charge is 0.449 e. The van der Waals surface area contributed by atoms with Gasteiger partial charge in [0.25, 0.3) is 0 Å². The smallest absolute Gasteiger partial charge is 0.407 e. The molecule has 32 heavy (non-hydrogen) atoms. The van der Waals surface area contributed by atoms with Crippen LogP contribution in [0.1, 0.15) is 28.7 Å². The number of aliphatic hydroxyl groups is 2. The van der Waals surface area contributed by atoms with Crippen molar-refractivity contribution < 1.29 is 24.5 Å². The Balaban J connectivity index is 1.32. The SMILES string of the molecule is O=C=Nc1ccc(C(O)C(O)CNC(=O)OCC2c3ccccc3-c3ccccc32)cc1. The molecule has 1 aliphatic rings. The third-order valence-corrected chi connectivity index (χ3v) is 5.57. The van der Waals surface area contributed by atoms with Crippen LogP contribution in [-0.2, 0) is 9.53 Å². The summed E-state index contributed by atoms with van der Waals surface area (Å²) < 4.78 is 5.43. The number of isocyanates is 1. The molecule has 3 N–H and O–H groups in total.